The van der Waals surface area contributed by atoms with Crippen LogP contribution in [-0.2, 0) is 19.7 Å². The molecule has 146 valence electrons. The first kappa shape index (κ1) is 26.8. The Morgan fingerprint density at radius 3 is 1.60 bits per heavy atom. The molecule has 0 aromatic rings. The molecule has 0 saturated carbocycles. The third-order valence-electron chi connectivity index (χ3n) is 4.25. The standard InChI is InChI=1S/C16H30O7S.Mg.2H/c1-2-3-4-5-6-7-8-9-10-11-12-16(15(19)20,13-14(17)18)24(21,22)23;;;/h2-13H2,1H3,(H,17,18)(H,19,20)(H,21,22,23);;;/q;+2;2*-1. The summed E-state index contributed by atoms with van der Waals surface area (Å²) in [5.74, 6) is -3.38. The maximum Gasteiger partial charge on any atom is 2.00 e. The average Bonchev–Trinajstić information content (AvgIpc) is 2.46. The topological polar surface area (TPSA) is 129 Å². The number of unbranched alkanes of at least 4 members (excludes halogenated alkanes) is 9. The molecule has 0 heterocycles. The van der Waals surface area contributed by atoms with Crippen LogP contribution in [0.2, 0.25) is 0 Å². The van der Waals surface area contributed by atoms with Gasteiger partial charge in [0.1, 0.15) is 0 Å². The third-order valence-corrected chi connectivity index (χ3v) is 5.77. The van der Waals surface area contributed by atoms with E-state index in [1.54, 1.807) is 0 Å². The van der Waals surface area contributed by atoms with E-state index in [0.717, 1.165) is 25.7 Å². The minimum Gasteiger partial charge on any atom is -1.00 e. The van der Waals surface area contributed by atoms with Gasteiger partial charge in [-0.2, -0.15) is 8.42 Å². The third kappa shape index (κ3) is 10.4. The molecule has 9 heteroatoms. The quantitative estimate of drug-likeness (QED) is 0.221. The second-order valence-corrected chi connectivity index (χ2v) is 8.01. The summed E-state index contributed by atoms with van der Waals surface area (Å²) >= 11 is 0. The molecule has 0 aliphatic carbocycles. The Bertz CT molecular complexity index is 503. The van der Waals surface area contributed by atoms with Crippen molar-refractivity contribution in [1.29, 1.82) is 0 Å². The van der Waals surface area contributed by atoms with Gasteiger partial charge in [0, 0.05) is 0 Å². The smallest absolute Gasteiger partial charge is 1.00 e. The van der Waals surface area contributed by atoms with Crippen LogP contribution < -0.4 is 0 Å². The minimum atomic E-state index is -5.01. The fraction of sp³-hybridized carbons (Fsp3) is 0.875. The van der Waals surface area contributed by atoms with E-state index in [9.17, 15) is 22.6 Å². The number of rotatable bonds is 15. The number of carboxylic acid groups (broad SMARTS) is 2. The molecule has 7 nitrogen and oxygen atoms in total. The molecule has 0 radical (unpaired) electrons. The first-order valence-corrected chi connectivity index (χ1v) is 10.0. The Labute approximate surface area is 169 Å². The van der Waals surface area contributed by atoms with E-state index in [4.69, 9.17) is 10.2 Å². The van der Waals surface area contributed by atoms with Crippen molar-refractivity contribution in [3.05, 3.63) is 0 Å². The van der Waals surface area contributed by atoms with Crippen molar-refractivity contribution in [2.24, 2.45) is 0 Å². The molecule has 0 rings (SSSR count). The van der Waals surface area contributed by atoms with Crippen molar-refractivity contribution in [2.75, 3.05) is 0 Å². The van der Waals surface area contributed by atoms with Gasteiger partial charge in [-0.15, -0.1) is 0 Å². The molecule has 0 aliphatic heterocycles. The molecule has 0 aliphatic rings. The van der Waals surface area contributed by atoms with Crippen LogP contribution in [0.3, 0.4) is 0 Å². The van der Waals surface area contributed by atoms with Crippen molar-refractivity contribution in [1.82, 2.24) is 0 Å². The van der Waals surface area contributed by atoms with Crippen molar-refractivity contribution >= 4 is 45.1 Å². The average molecular weight is 393 g/mol. The van der Waals surface area contributed by atoms with Gasteiger partial charge >= 0.3 is 35.0 Å². The molecular weight excluding hydrogens is 361 g/mol. The van der Waals surface area contributed by atoms with Crippen LogP contribution in [0.5, 0.6) is 0 Å². The SMILES string of the molecule is CCCCCCCCCCCCC(CC(=O)O)(C(=O)O)S(=O)(=O)O.[H-].[H-].[Mg+2]. The fourth-order valence-electron chi connectivity index (χ4n) is 2.74. The molecule has 0 aromatic heterocycles. The van der Waals surface area contributed by atoms with Gasteiger partial charge in [-0.3, -0.25) is 14.1 Å². The number of aliphatic carboxylic acids is 2. The number of carbonyl (C=O) groups is 2. The summed E-state index contributed by atoms with van der Waals surface area (Å²) in [7, 11) is -5.01. The van der Waals surface area contributed by atoms with Crippen LogP contribution in [-0.4, -0.2) is 62.9 Å². The Balaban J connectivity index is -0.000000882. The summed E-state index contributed by atoms with van der Waals surface area (Å²) in [6.45, 7) is 2.16. The molecule has 0 spiro atoms. The van der Waals surface area contributed by atoms with Crippen LogP contribution >= 0.6 is 0 Å². The zero-order valence-corrected chi connectivity index (χ0v) is 17.3. The maximum atomic E-state index is 11.4. The van der Waals surface area contributed by atoms with Gasteiger partial charge in [0.25, 0.3) is 10.1 Å². The van der Waals surface area contributed by atoms with Crippen molar-refractivity contribution < 1.29 is 35.6 Å². The monoisotopic (exact) mass is 392 g/mol. The normalized spacial score (nSPS) is 13.7. The zero-order chi connectivity index (χ0) is 18.6. The van der Waals surface area contributed by atoms with Crippen LogP contribution in [0.25, 0.3) is 0 Å². The van der Waals surface area contributed by atoms with Crippen molar-refractivity contribution in [3.63, 3.8) is 0 Å². The second-order valence-electron chi connectivity index (χ2n) is 6.28. The first-order chi connectivity index (χ1) is 11.2. The summed E-state index contributed by atoms with van der Waals surface area (Å²) in [6.07, 6.45) is 8.27. The van der Waals surface area contributed by atoms with E-state index in [2.05, 4.69) is 6.92 Å². The second kappa shape index (κ2) is 13.8. The first-order valence-electron chi connectivity index (χ1n) is 8.59. The van der Waals surface area contributed by atoms with Gasteiger partial charge in [-0.25, -0.2) is 0 Å². The largest absolute Gasteiger partial charge is 2.00 e. The van der Waals surface area contributed by atoms with E-state index in [1.807, 2.05) is 0 Å². The molecule has 3 N–H and O–H groups in total. The van der Waals surface area contributed by atoms with Gasteiger partial charge in [0.15, 0.2) is 0 Å². The number of carboxylic acids is 2. The number of hydrogen-bond donors (Lipinski definition) is 3. The summed E-state index contributed by atoms with van der Waals surface area (Å²) in [4.78, 5) is 22.1. The predicted molar refractivity (Wildman–Crippen MR) is 98.6 cm³/mol. The fourth-order valence-corrected chi connectivity index (χ4v) is 3.67. The van der Waals surface area contributed by atoms with Gasteiger partial charge in [-0.05, 0) is 6.42 Å². The molecule has 1 atom stereocenters. The molecule has 0 fully saturated rings. The van der Waals surface area contributed by atoms with Crippen molar-refractivity contribution in [3.8, 4) is 0 Å². The molecule has 0 amide bonds. The van der Waals surface area contributed by atoms with E-state index in [1.165, 1.54) is 25.7 Å². The Hall–Kier alpha value is -0.384. The van der Waals surface area contributed by atoms with E-state index in [0.29, 0.717) is 6.42 Å². The maximum absolute atomic E-state index is 11.4. The summed E-state index contributed by atoms with van der Waals surface area (Å²) in [5.41, 5.74) is 0. The van der Waals surface area contributed by atoms with Gasteiger partial charge in [0.2, 0.25) is 4.75 Å². The van der Waals surface area contributed by atoms with E-state index in [-0.39, 0.29) is 32.3 Å². The van der Waals surface area contributed by atoms with Crippen LogP contribution in [0, 0.1) is 0 Å². The Morgan fingerprint density at radius 1 is 0.880 bits per heavy atom. The zero-order valence-electron chi connectivity index (χ0n) is 17.1. The molecule has 25 heavy (non-hydrogen) atoms. The van der Waals surface area contributed by atoms with E-state index >= 15 is 0 Å². The van der Waals surface area contributed by atoms with Gasteiger partial charge < -0.3 is 13.1 Å². The van der Waals surface area contributed by atoms with Crippen LogP contribution in [0.4, 0.5) is 0 Å². The predicted octanol–water partition coefficient (Wildman–Crippen LogP) is 3.33. The van der Waals surface area contributed by atoms with Gasteiger partial charge in [-0.1, -0.05) is 71.1 Å². The van der Waals surface area contributed by atoms with Crippen molar-refractivity contribution in [2.45, 2.75) is 88.7 Å². The Kier molecular flexibility index (Phi) is 14.8. The summed E-state index contributed by atoms with van der Waals surface area (Å²) in [6, 6.07) is 0. The Morgan fingerprint density at radius 2 is 1.28 bits per heavy atom. The minimum absolute atomic E-state index is 0. The molecular formula is C16H32MgO7S. The number of hydrogen-bond acceptors (Lipinski definition) is 4. The summed E-state index contributed by atoms with van der Waals surface area (Å²) < 4.78 is 29.4. The van der Waals surface area contributed by atoms with Gasteiger partial charge in [0.05, 0.1) is 6.42 Å². The molecule has 0 bridgehead atoms. The van der Waals surface area contributed by atoms with E-state index < -0.39 is 39.6 Å². The molecule has 1 unspecified atom stereocenters. The molecule has 0 saturated heterocycles. The summed E-state index contributed by atoms with van der Waals surface area (Å²) in [5, 5.41) is 17.9. The van der Waals surface area contributed by atoms with Crippen LogP contribution in [0.15, 0.2) is 0 Å². The molecule has 0 aromatic carbocycles. The van der Waals surface area contributed by atoms with Crippen LogP contribution in [0.1, 0.15) is 86.8 Å².